The summed E-state index contributed by atoms with van der Waals surface area (Å²) in [6, 6.07) is 17.5. The molecule has 3 aromatic rings. The van der Waals surface area contributed by atoms with Gasteiger partial charge < -0.3 is 20.5 Å². The predicted octanol–water partition coefficient (Wildman–Crippen LogP) is 6.60. The molecule has 0 saturated carbocycles. The van der Waals surface area contributed by atoms with Crippen LogP contribution in [-0.4, -0.2) is 52.2 Å². The summed E-state index contributed by atoms with van der Waals surface area (Å²) in [4.78, 5) is 55.6. The van der Waals surface area contributed by atoms with E-state index in [4.69, 9.17) is 4.74 Å². The Labute approximate surface area is 277 Å². The van der Waals surface area contributed by atoms with Gasteiger partial charge in [-0.1, -0.05) is 55.5 Å². The van der Waals surface area contributed by atoms with Gasteiger partial charge in [0.2, 0.25) is 11.8 Å². The molecule has 1 aliphatic heterocycles. The molecule has 3 N–H and O–H groups in total. The zero-order chi connectivity index (χ0) is 32.6. The maximum absolute atomic E-state index is 13.6. The number of thiophene rings is 1. The Balaban J connectivity index is 1.28. The summed E-state index contributed by atoms with van der Waals surface area (Å²) < 4.78 is 5.41. The summed E-state index contributed by atoms with van der Waals surface area (Å²) in [6.07, 6.45) is 5.58. The van der Waals surface area contributed by atoms with Crippen LogP contribution >= 0.6 is 23.1 Å². The molecule has 3 unspecified atom stereocenters. The first-order valence-electron chi connectivity index (χ1n) is 15.6. The molecule has 1 aromatic heterocycles. The van der Waals surface area contributed by atoms with Crippen molar-refractivity contribution in [3.8, 4) is 0 Å². The van der Waals surface area contributed by atoms with Crippen molar-refractivity contribution in [1.29, 1.82) is 0 Å². The maximum atomic E-state index is 13.6. The highest BCUT2D eigenvalue weighted by Crippen LogP contribution is 2.39. The molecule has 0 fully saturated rings. The number of esters is 1. The van der Waals surface area contributed by atoms with E-state index in [0.29, 0.717) is 48.5 Å². The van der Waals surface area contributed by atoms with E-state index in [1.165, 1.54) is 28.7 Å². The van der Waals surface area contributed by atoms with E-state index < -0.39 is 29.0 Å². The fourth-order valence-corrected chi connectivity index (χ4v) is 8.17. The first-order valence-corrected chi connectivity index (χ1v) is 17.3. The van der Waals surface area contributed by atoms with Gasteiger partial charge in [-0.2, -0.15) is 0 Å². The summed E-state index contributed by atoms with van der Waals surface area (Å²) >= 11 is 2.81. The van der Waals surface area contributed by atoms with Gasteiger partial charge in [-0.3, -0.25) is 19.3 Å². The molecule has 0 bridgehead atoms. The lowest BCUT2D eigenvalue weighted by Crippen LogP contribution is -2.34. The van der Waals surface area contributed by atoms with Crippen molar-refractivity contribution >= 4 is 57.5 Å². The summed E-state index contributed by atoms with van der Waals surface area (Å²) in [5.74, 6) is -3.36. The Morgan fingerprint density at radius 2 is 1.78 bits per heavy atom. The molecular formula is C35H39N3O6S2. The number of amides is 2. The van der Waals surface area contributed by atoms with E-state index >= 15 is 0 Å². The standard InChI is InChI=1S/C35H39N3O6S2/c1-3-28(45-24-14-10-13-23(19-24)36-31(39)25-15-8-9-16-26(25)34(41)42)32(40)37-33-30(35(43)44-4-2)27-17-18-38(21-29(27)46-33)20-22-11-6-5-7-12-22/h5-14,19,25-26,28H,3-4,15-18,20-21H2,1-2H3,(H,36,39)(H,37,40)(H,41,42). The Bertz CT molecular complexity index is 1600. The molecule has 46 heavy (non-hydrogen) atoms. The van der Waals surface area contributed by atoms with Crippen LogP contribution in [0, 0.1) is 11.8 Å². The van der Waals surface area contributed by atoms with E-state index in [1.54, 1.807) is 31.2 Å². The number of ether oxygens (including phenoxy) is 1. The van der Waals surface area contributed by atoms with Crippen LogP contribution in [-0.2, 0) is 38.6 Å². The number of carbonyl (C=O) groups is 4. The quantitative estimate of drug-likeness (QED) is 0.113. The van der Waals surface area contributed by atoms with Gasteiger partial charge in [-0.05, 0) is 61.9 Å². The Morgan fingerprint density at radius 1 is 1.02 bits per heavy atom. The van der Waals surface area contributed by atoms with Gasteiger partial charge in [0.1, 0.15) is 5.00 Å². The lowest BCUT2D eigenvalue weighted by atomic mass is 9.82. The number of nitrogens with one attached hydrogen (secondary N) is 2. The first kappa shape index (κ1) is 33.4. The van der Waals surface area contributed by atoms with Gasteiger partial charge in [-0.15, -0.1) is 23.1 Å². The van der Waals surface area contributed by atoms with Gasteiger partial charge in [0.25, 0.3) is 0 Å². The second-order valence-corrected chi connectivity index (χ2v) is 13.8. The number of allylic oxidation sites excluding steroid dienone is 2. The fraction of sp³-hybridized carbons (Fsp3) is 0.371. The van der Waals surface area contributed by atoms with Crippen LogP contribution in [0.25, 0.3) is 0 Å². The number of carboxylic acids is 1. The molecule has 2 amide bonds. The average Bonchev–Trinajstić information content (AvgIpc) is 3.41. The predicted molar refractivity (Wildman–Crippen MR) is 181 cm³/mol. The SMILES string of the molecule is CCOC(=O)c1c(NC(=O)C(CC)Sc2cccc(NC(=O)C3CC=CCC3C(=O)O)c2)sc2c1CCN(Cc1ccccc1)C2. The number of anilines is 2. The summed E-state index contributed by atoms with van der Waals surface area (Å²) in [5, 5.41) is 15.5. The zero-order valence-electron chi connectivity index (χ0n) is 26.0. The van der Waals surface area contributed by atoms with E-state index in [9.17, 15) is 24.3 Å². The Hall–Kier alpha value is -3.93. The molecule has 9 nitrogen and oxygen atoms in total. The number of carboxylic acid groups (broad SMARTS) is 1. The number of thioether (sulfide) groups is 1. The van der Waals surface area contributed by atoms with Crippen LogP contribution in [0.2, 0.25) is 0 Å². The number of hydrogen-bond acceptors (Lipinski definition) is 8. The Morgan fingerprint density at radius 3 is 2.50 bits per heavy atom. The van der Waals surface area contributed by atoms with Crippen molar-refractivity contribution in [2.45, 2.75) is 62.8 Å². The van der Waals surface area contributed by atoms with Gasteiger partial charge in [0.15, 0.2) is 0 Å². The highest BCUT2D eigenvalue weighted by Gasteiger charge is 2.34. The van der Waals surface area contributed by atoms with Crippen molar-refractivity contribution in [3.05, 3.63) is 88.3 Å². The Kier molecular flexibility index (Phi) is 11.3. The first-order chi connectivity index (χ1) is 22.3. The molecule has 0 radical (unpaired) electrons. The van der Waals surface area contributed by atoms with E-state index in [-0.39, 0.29) is 18.4 Å². The molecule has 0 saturated heterocycles. The second kappa shape index (κ2) is 15.6. The third kappa shape index (κ3) is 8.07. The molecule has 3 atom stereocenters. The number of rotatable bonds is 12. The van der Waals surface area contributed by atoms with Crippen molar-refractivity contribution < 1.29 is 29.0 Å². The topological polar surface area (TPSA) is 125 Å². The van der Waals surface area contributed by atoms with E-state index in [0.717, 1.165) is 28.4 Å². The van der Waals surface area contributed by atoms with Gasteiger partial charge in [0.05, 0.1) is 29.3 Å². The molecule has 0 spiro atoms. The maximum Gasteiger partial charge on any atom is 0.341 e. The average molecular weight is 662 g/mol. The van der Waals surface area contributed by atoms with Crippen molar-refractivity contribution in [3.63, 3.8) is 0 Å². The summed E-state index contributed by atoms with van der Waals surface area (Å²) in [5.41, 5.74) is 3.17. The molecule has 1 aliphatic carbocycles. The van der Waals surface area contributed by atoms with Crippen LogP contribution in [0.5, 0.6) is 0 Å². The fourth-order valence-electron chi connectivity index (χ4n) is 5.88. The lowest BCUT2D eigenvalue weighted by Gasteiger charge is -2.27. The monoisotopic (exact) mass is 661 g/mol. The smallest absolute Gasteiger partial charge is 0.341 e. The van der Waals surface area contributed by atoms with Crippen LogP contribution in [0.1, 0.15) is 59.5 Å². The molecule has 5 rings (SSSR count). The highest BCUT2D eigenvalue weighted by molar-refractivity contribution is 8.00. The third-order valence-electron chi connectivity index (χ3n) is 8.23. The summed E-state index contributed by atoms with van der Waals surface area (Å²) in [6.45, 7) is 6.23. The van der Waals surface area contributed by atoms with Crippen molar-refractivity contribution in [1.82, 2.24) is 4.90 Å². The van der Waals surface area contributed by atoms with Gasteiger partial charge in [-0.25, -0.2) is 4.79 Å². The number of fused-ring (bicyclic) bond motifs is 1. The van der Waals surface area contributed by atoms with Crippen molar-refractivity contribution in [2.24, 2.45) is 11.8 Å². The van der Waals surface area contributed by atoms with E-state index in [1.807, 2.05) is 37.3 Å². The van der Waals surface area contributed by atoms with Crippen molar-refractivity contribution in [2.75, 3.05) is 23.8 Å². The minimum atomic E-state index is -0.979. The number of benzene rings is 2. The normalized spacial score (nSPS) is 18.3. The second-order valence-electron chi connectivity index (χ2n) is 11.4. The van der Waals surface area contributed by atoms with Crippen LogP contribution in [0.3, 0.4) is 0 Å². The molecule has 2 aliphatic rings. The summed E-state index contributed by atoms with van der Waals surface area (Å²) in [7, 11) is 0. The van der Waals surface area contributed by atoms with Crippen LogP contribution < -0.4 is 10.6 Å². The molecule has 2 aromatic carbocycles. The van der Waals surface area contributed by atoms with E-state index in [2.05, 4.69) is 27.7 Å². The zero-order valence-corrected chi connectivity index (χ0v) is 27.6. The van der Waals surface area contributed by atoms with Crippen LogP contribution in [0.15, 0.2) is 71.6 Å². The number of carbonyl (C=O) groups excluding carboxylic acids is 3. The number of aliphatic carboxylic acids is 1. The van der Waals surface area contributed by atoms with Gasteiger partial charge >= 0.3 is 11.9 Å². The van der Waals surface area contributed by atoms with Gasteiger partial charge in [0, 0.05) is 35.1 Å². The number of hydrogen-bond donors (Lipinski definition) is 3. The third-order valence-corrected chi connectivity index (χ3v) is 10.7. The molecule has 2 heterocycles. The van der Waals surface area contributed by atoms with Crippen LogP contribution in [0.4, 0.5) is 10.7 Å². The number of nitrogens with zero attached hydrogens (tertiary/aromatic N) is 1. The minimum Gasteiger partial charge on any atom is -0.481 e. The minimum absolute atomic E-state index is 0.217. The highest BCUT2D eigenvalue weighted by atomic mass is 32.2. The lowest BCUT2D eigenvalue weighted by molar-refractivity contribution is -0.146. The molecule has 11 heteroatoms. The largest absolute Gasteiger partial charge is 0.481 e. The molecular weight excluding hydrogens is 623 g/mol. The molecule has 242 valence electrons.